The lowest BCUT2D eigenvalue weighted by Crippen LogP contribution is -1.96. The van der Waals surface area contributed by atoms with Gasteiger partial charge in [-0.25, -0.2) is 0 Å². The number of nitrogens with one attached hydrogen (secondary N) is 1. The quantitative estimate of drug-likeness (QED) is 0.629. The van der Waals surface area contributed by atoms with E-state index in [1.807, 2.05) is 0 Å². The van der Waals surface area contributed by atoms with Gasteiger partial charge < -0.3 is 10.5 Å². The molecule has 0 spiro atoms. The van der Waals surface area contributed by atoms with Gasteiger partial charge in [0.05, 0.1) is 23.3 Å². The van der Waals surface area contributed by atoms with Gasteiger partial charge in [0.2, 0.25) is 0 Å². The lowest BCUT2D eigenvalue weighted by molar-refractivity contribution is -0.385. The van der Waals surface area contributed by atoms with Gasteiger partial charge in [-0.1, -0.05) is 6.07 Å². The highest BCUT2D eigenvalue weighted by Crippen LogP contribution is 2.36. The molecule has 94 valence electrons. The Morgan fingerprint density at radius 3 is 2.89 bits per heavy atom. The van der Waals surface area contributed by atoms with Crippen LogP contribution in [-0.2, 0) is 6.54 Å². The molecule has 0 aliphatic rings. The summed E-state index contributed by atoms with van der Waals surface area (Å²) in [6.07, 6.45) is 0. The van der Waals surface area contributed by atoms with Crippen LogP contribution in [0.1, 0.15) is 5.69 Å². The molecule has 7 nitrogen and oxygen atoms in total. The summed E-state index contributed by atoms with van der Waals surface area (Å²) in [5.74, 6) is 0.204. The number of nitrogens with zero attached hydrogens (tertiary/aromatic N) is 2. The van der Waals surface area contributed by atoms with Crippen molar-refractivity contribution in [2.45, 2.75) is 6.54 Å². The van der Waals surface area contributed by atoms with Gasteiger partial charge in [-0.2, -0.15) is 5.10 Å². The largest absolute Gasteiger partial charge is 0.490 e. The van der Waals surface area contributed by atoms with Crippen LogP contribution in [0.25, 0.3) is 11.3 Å². The van der Waals surface area contributed by atoms with E-state index in [0.29, 0.717) is 23.5 Å². The second kappa shape index (κ2) is 4.84. The van der Waals surface area contributed by atoms with E-state index in [2.05, 4.69) is 10.2 Å². The minimum absolute atomic E-state index is 0.102. The number of ether oxygens (including phenoxy) is 1. The third-order valence-corrected chi connectivity index (χ3v) is 2.53. The van der Waals surface area contributed by atoms with Crippen molar-refractivity contribution in [2.24, 2.45) is 5.73 Å². The number of rotatable bonds is 4. The maximum absolute atomic E-state index is 11.1. The lowest BCUT2D eigenvalue weighted by Gasteiger charge is -2.04. The topological polar surface area (TPSA) is 107 Å². The molecule has 1 heterocycles. The smallest absolute Gasteiger partial charge is 0.320 e. The molecule has 0 saturated carbocycles. The predicted octanol–water partition coefficient (Wildman–Crippen LogP) is 1.45. The van der Waals surface area contributed by atoms with E-state index in [1.165, 1.54) is 13.2 Å². The molecule has 3 N–H and O–H groups in total. The summed E-state index contributed by atoms with van der Waals surface area (Å²) in [7, 11) is 1.39. The maximum atomic E-state index is 11.1. The van der Waals surface area contributed by atoms with E-state index >= 15 is 0 Å². The number of methoxy groups -OCH3 is 1. The molecule has 0 amide bonds. The number of nitrogens with two attached hydrogens (primary N) is 1. The standard InChI is InChI=1S/C11H12N4O3/c1-18-10-4-2-3-8(11(10)15(16)17)9-5-7(6-12)13-14-9/h2-5H,6,12H2,1H3,(H,13,14). The zero-order chi connectivity index (χ0) is 13.1. The number of hydrogen-bond acceptors (Lipinski definition) is 5. The van der Waals surface area contributed by atoms with Crippen molar-refractivity contribution in [3.63, 3.8) is 0 Å². The van der Waals surface area contributed by atoms with Crippen LogP contribution < -0.4 is 10.5 Å². The minimum atomic E-state index is -0.481. The molecule has 2 aromatic rings. The Hall–Kier alpha value is -2.41. The SMILES string of the molecule is COc1cccc(-c2cc(CN)[nH]n2)c1[N+](=O)[O-]. The van der Waals surface area contributed by atoms with Crippen molar-refractivity contribution in [3.05, 3.63) is 40.1 Å². The molecule has 0 radical (unpaired) electrons. The van der Waals surface area contributed by atoms with Crippen molar-refractivity contribution in [3.8, 4) is 17.0 Å². The third kappa shape index (κ3) is 2.03. The molecular weight excluding hydrogens is 236 g/mol. The van der Waals surface area contributed by atoms with Crippen molar-refractivity contribution in [1.82, 2.24) is 10.2 Å². The van der Waals surface area contributed by atoms with Crippen molar-refractivity contribution < 1.29 is 9.66 Å². The Morgan fingerprint density at radius 1 is 1.56 bits per heavy atom. The molecular formula is C11H12N4O3. The number of aromatic nitrogens is 2. The van der Waals surface area contributed by atoms with Crippen molar-refractivity contribution >= 4 is 5.69 Å². The van der Waals surface area contributed by atoms with Gasteiger partial charge in [0, 0.05) is 12.2 Å². The van der Waals surface area contributed by atoms with Gasteiger partial charge in [-0.05, 0) is 18.2 Å². The number of nitro benzene ring substituents is 1. The second-order valence-electron chi connectivity index (χ2n) is 3.60. The molecule has 18 heavy (non-hydrogen) atoms. The van der Waals surface area contributed by atoms with Crippen molar-refractivity contribution in [1.29, 1.82) is 0 Å². The molecule has 0 fully saturated rings. The minimum Gasteiger partial charge on any atom is -0.490 e. The molecule has 1 aromatic carbocycles. The fraction of sp³-hybridized carbons (Fsp3) is 0.182. The van der Waals surface area contributed by atoms with E-state index in [1.54, 1.807) is 18.2 Å². The number of hydrogen-bond donors (Lipinski definition) is 2. The predicted molar refractivity (Wildman–Crippen MR) is 65.1 cm³/mol. The average molecular weight is 248 g/mol. The number of H-pyrrole nitrogens is 1. The Labute approximate surface area is 103 Å². The summed E-state index contributed by atoms with van der Waals surface area (Å²) >= 11 is 0. The summed E-state index contributed by atoms with van der Waals surface area (Å²) in [5, 5.41) is 17.8. The van der Waals surface area contributed by atoms with Gasteiger partial charge >= 0.3 is 5.69 Å². The van der Waals surface area contributed by atoms with Crippen LogP contribution in [0, 0.1) is 10.1 Å². The normalized spacial score (nSPS) is 10.3. The van der Waals surface area contributed by atoms with Crippen LogP contribution in [0.2, 0.25) is 0 Å². The van der Waals surface area contributed by atoms with E-state index in [0.717, 1.165) is 0 Å². The highest BCUT2D eigenvalue weighted by molar-refractivity contribution is 5.75. The average Bonchev–Trinajstić information content (AvgIpc) is 2.86. The summed E-state index contributed by atoms with van der Waals surface area (Å²) < 4.78 is 5.00. The van der Waals surface area contributed by atoms with Crippen LogP contribution in [0.3, 0.4) is 0 Å². The summed E-state index contributed by atoms with van der Waals surface area (Å²) in [6, 6.07) is 6.52. The van der Waals surface area contributed by atoms with Gasteiger partial charge in [-0.15, -0.1) is 0 Å². The summed E-state index contributed by atoms with van der Waals surface area (Å²) in [5.41, 5.74) is 6.95. The molecule has 0 saturated heterocycles. The van der Waals surface area contributed by atoms with E-state index < -0.39 is 4.92 Å². The first kappa shape index (κ1) is 12.1. The Bertz CT molecular complexity index is 579. The Balaban J connectivity index is 2.59. The molecule has 0 bridgehead atoms. The fourth-order valence-electron chi connectivity index (χ4n) is 1.69. The van der Waals surface area contributed by atoms with Gasteiger partial charge in [0.1, 0.15) is 0 Å². The second-order valence-corrected chi connectivity index (χ2v) is 3.60. The Kier molecular flexibility index (Phi) is 3.24. The highest BCUT2D eigenvalue weighted by Gasteiger charge is 2.22. The molecule has 1 aromatic heterocycles. The highest BCUT2D eigenvalue weighted by atomic mass is 16.6. The number of para-hydroxylation sites is 1. The van der Waals surface area contributed by atoms with Crippen LogP contribution in [0.4, 0.5) is 5.69 Å². The zero-order valence-corrected chi connectivity index (χ0v) is 9.71. The fourth-order valence-corrected chi connectivity index (χ4v) is 1.69. The molecule has 7 heteroatoms. The third-order valence-electron chi connectivity index (χ3n) is 2.53. The maximum Gasteiger partial charge on any atom is 0.320 e. The van der Waals surface area contributed by atoms with E-state index in [-0.39, 0.29) is 11.4 Å². The van der Waals surface area contributed by atoms with Gasteiger partial charge in [0.25, 0.3) is 0 Å². The van der Waals surface area contributed by atoms with Crippen LogP contribution in [0.15, 0.2) is 24.3 Å². The Morgan fingerprint density at radius 2 is 2.33 bits per heavy atom. The van der Waals surface area contributed by atoms with E-state index in [4.69, 9.17) is 10.5 Å². The zero-order valence-electron chi connectivity index (χ0n) is 9.71. The first-order chi connectivity index (χ1) is 8.67. The lowest BCUT2D eigenvalue weighted by atomic mass is 10.1. The number of aromatic amines is 1. The number of nitro groups is 1. The molecule has 0 unspecified atom stereocenters. The van der Waals surface area contributed by atoms with Crippen LogP contribution in [-0.4, -0.2) is 22.2 Å². The van der Waals surface area contributed by atoms with Crippen LogP contribution in [0.5, 0.6) is 5.75 Å². The van der Waals surface area contributed by atoms with Gasteiger partial charge in [0.15, 0.2) is 5.75 Å². The monoisotopic (exact) mass is 248 g/mol. The van der Waals surface area contributed by atoms with Crippen LogP contribution >= 0.6 is 0 Å². The van der Waals surface area contributed by atoms with Gasteiger partial charge in [-0.3, -0.25) is 15.2 Å². The molecule has 0 aliphatic heterocycles. The molecule has 2 rings (SSSR count). The number of benzene rings is 1. The van der Waals surface area contributed by atoms with E-state index in [9.17, 15) is 10.1 Å². The molecule has 0 atom stereocenters. The first-order valence-corrected chi connectivity index (χ1v) is 5.23. The summed E-state index contributed by atoms with van der Waals surface area (Å²) in [6.45, 7) is 0.296. The molecule has 0 aliphatic carbocycles. The first-order valence-electron chi connectivity index (χ1n) is 5.23. The van der Waals surface area contributed by atoms with Crippen molar-refractivity contribution in [2.75, 3.05) is 7.11 Å². The summed E-state index contributed by atoms with van der Waals surface area (Å²) in [4.78, 5) is 10.6.